The van der Waals surface area contributed by atoms with Gasteiger partial charge in [-0.25, -0.2) is 9.79 Å². The molecule has 0 fully saturated rings. The number of aliphatic imine (C=N–C) groups is 1. The Labute approximate surface area is 160 Å². The van der Waals surface area contributed by atoms with Crippen LogP contribution >= 0.6 is 11.6 Å². The first kappa shape index (κ1) is 20.0. The van der Waals surface area contributed by atoms with Crippen LogP contribution in [0.25, 0.3) is 0 Å². The number of rotatable bonds is 6. The van der Waals surface area contributed by atoms with Gasteiger partial charge in [-0.15, -0.1) is 0 Å². The molecule has 138 valence electrons. The lowest BCUT2D eigenvalue weighted by atomic mass is 10.0. The molecule has 0 aliphatic carbocycles. The Morgan fingerprint density at radius 3 is 2.54 bits per heavy atom. The number of nitrogens with zero attached hydrogens (tertiary/aromatic N) is 2. The van der Waals surface area contributed by atoms with Crippen molar-refractivity contribution in [3.63, 3.8) is 0 Å². The Morgan fingerprint density at radius 1 is 1.15 bits per heavy atom. The molecule has 0 aliphatic rings. The lowest BCUT2D eigenvalue weighted by Crippen LogP contribution is -2.14. The van der Waals surface area contributed by atoms with E-state index in [4.69, 9.17) is 16.3 Å². The maximum absolute atomic E-state index is 12.5. The Kier molecular flexibility index (Phi) is 6.81. The number of aryl methyl sites for hydroxylation is 3. The van der Waals surface area contributed by atoms with Gasteiger partial charge in [-0.1, -0.05) is 17.7 Å². The second-order valence-electron chi connectivity index (χ2n) is 6.42. The van der Waals surface area contributed by atoms with Crippen molar-refractivity contribution >= 4 is 29.6 Å². The topological polar surface area (TPSA) is 41.9 Å². The fraction of sp³-hybridized carbons (Fsp3) is 0.333. The Hall–Kier alpha value is -2.33. The molecule has 0 saturated carbocycles. The number of halogens is 1. The van der Waals surface area contributed by atoms with E-state index in [-0.39, 0.29) is 12.6 Å². The molecule has 0 amide bonds. The van der Waals surface area contributed by atoms with Crippen molar-refractivity contribution in [1.82, 2.24) is 4.90 Å². The number of carbonyl (C=O) groups excluding carboxylic acids is 1. The molecule has 0 radical (unpaired) electrons. The summed E-state index contributed by atoms with van der Waals surface area (Å²) in [6.07, 6.45) is 1.79. The van der Waals surface area contributed by atoms with Gasteiger partial charge in [0.25, 0.3) is 0 Å². The summed E-state index contributed by atoms with van der Waals surface area (Å²) in [5.41, 5.74) is 5.15. The van der Waals surface area contributed by atoms with Gasteiger partial charge in [0.2, 0.25) is 0 Å². The first-order valence-corrected chi connectivity index (χ1v) is 8.97. The van der Waals surface area contributed by atoms with Crippen molar-refractivity contribution in [3.05, 3.63) is 63.2 Å². The molecule has 0 bridgehead atoms. The van der Waals surface area contributed by atoms with Gasteiger partial charge in [-0.3, -0.25) is 0 Å². The van der Waals surface area contributed by atoms with Gasteiger partial charge in [0.15, 0.2) is 0 Å². The predicted octanol–water partition coefficient (Wildman–Crippen LogP) is 5.23. The van der Waals surface area contributed by atoms with Crippen LogP contribution in [0.1, 0.15) is 39.5 Å². The largest absolute Gasteiger partial charge is 0.457 e. The molecule has 0 N–H and O–H groups in total. The molecule has 2 rings (SSSR count). The fourth-order valence-electron chi connectivity index (χ4n) is 2.44. The standard InChI is InChI=1S/C21H25ClN2O2/c1-6-24(5)13-23-20-11-15(3)19(10-16(20)4)21(25)26-12-17-7-8-18(22)9-14(17)2/h7-11,13H,6,12H2,1-5H3/b23-13+. The smallest absolute Gasteiger partial charge is 0.338 e. The maximum Gasteiger partial charge on any atom is 0.338 e. The first-order valence-electron chi connectivity index (χ1n) is 8.59. The Bertz CT molecular complexity index is 831. The lowest BCUT2D eigenvalue weighted by Gasteiger charge is -2.12. The van der Waals surface area contributed by atoms with Gasteiger partial charge >= 0.3 is 5.97 Å². The van der Waals surface area contributed by atoms with Crippen LogP contribution in [0.5, 0.6) is 0 Å². The minimum absolute atomic E-state index is 0.224. The van der Waals surface area contributed by atoms with Gasteiger partial charge in [0.1, 0.15) is 6.61 Å². The van der Waals surface area contributed by atoms with Crippen molar-refractivity contribution in [1.29, 1.82) is 0 Å². The van der Waals surface area contributed by atoms with Crippen LogP contribution in [0.3, 0.4) is 0 Å². The highest BCUT2D eigenvalue weighted by atomic mass is 35.5. The van der Waals surface area contributed by atoms with Crippen molar-refractivity contribution in [2.24, 2.45) is 4.99 Å². The number of esters is 1. The molecular formula is C21H25ClN2O2. The van der Waals surface area contributed by atoms with E-state index in [9.17, 15) is 4.79 Å². The van der Waals surface area contributed by atoms with Crippen molar-refractivity contribution in [2.75, 3.05) is 13.6 Å². The Morgan fingerprint density at radius 2 is 1.88 bits per heavy atom. The summed E-state index contributed by atoms with van der Waals surface area (Å²) in [7, 11) is 1.97. The highest BCUT2D eigenvalue weighted by Crippen LogP contribution is 2.24. The predicted molar refractivity (Wildman–Crippen MR) is 108 cm³/mol. The SMILES string of the molecule is CCN(C)/C=N/c1cc(C)c(C(=O)OCc2ccc(Cl)cc2C)cc1C. The van der Waals surface area contributed by atoms with Crippen molar-refractivity contribution < 1.29 is 9.53 Å². The minimum atomic E-state index is -0.332. The average Bonchev–Trinajstić information content (AvgIpc) is 2.60. The molecule has 0 aliphatic heterocycles. The summed E-state index contributed by atoms with van der Waals surface area (Å²) >= 11 is 5.96. The molecule has 0 unspecified atom stereocenters. The van der Waals surface area contributed by atoms with Crippen molar-refractivity contribution in [2.45, 2.75) is 34.3 Å². The highest BCUT2D eigenvalue weighted by Gasteiger charge is 2.14. The van der Waals surface area contributed by atoms with E-state index in [2.05, 4.69) is 11.9 Å². The first-order chi connectivity index (χ1) is 12.3. The van der Waals surface area contributed by atoms with Gasteiger partial charge in [-0.2, -0.15) is 0 Å². The summed E-state index contributed by atoms with van der Waals surface area (Å²) in [4.78, 5) is 19.0. The van der Waals surface area contributed by atoms with E-state index in [0.29, 0.717) is 10.6 Å². The molecule has 0 atom stereocenters. The summed E-state index contributed by atoms with van der Waals surface area (Å²) in [6, 6.07) is 9.29. The zero-order valence-electron chi connectivity index (χ0n) is 16.0. The quantitative estimate of drug-likeness (QED) is 0.396. The minimum Gasteiger partial charge on any atom is -0.457 e. The number of ether oxygens (including phenoxy) is 1. The van der Waals surface area contributed by atoms with Crippen LogP contribution in [0, 0.1) is 20.8 Å². The van der Waals surface area contributed by atoms with E-state index < -0.39 is 0 Å². The maximum atomic E-state index is 12.5. The van der Waals surface area contributed by atoms with E-state index in [0.717, 1.165) is 34.5 Å². The van der Waals surface area contributed by atoms with Crippen LogP contribution < -0.4 is 0 Å². The van der Waals surface area contributed by atoms with Crippen LogP contribution in [0.15, 0.2) is 35.3 Å². The second-order valence-corrected chi connectivity index (χ2v) is 6.85. The highest BCUT2D eigenvalue weighted by molar-refractivity contribution is 6.30. The molecule has 0 saturated heterocycles. The zero-order valence-corrected chi connectivity index (χ0v) is 16.7. The third kappa shape index (κ3) is 5.09. The van der Waals surface area contributed by atoms with Gasteiger partial charge in [0.05, 0.1) is 17.6 Å². The molecule has 26 heavy (non-hydrogen) atoms. The van der Waals surface area contributed by atoms with Crippen LogP contribution in [0.4, 0.5) is 5.69 Å². The number of benzene rings is 2. The van der Waals surface area contributed by atoms with E-state index in [1.165, 1.54) is 0 Å². The molecule has 4 nitrogen and oxygen atoms in total. The van der Waals surface area contributed by atoms with Crippen molar-refractivity contribution in [3.8, 4) is 0 Å². The lowest BCUT2D eigenvalue weighted by molar-refractivity contribution is 0.0471. The van der Waals surface area contributed by atoms with E-state index in [1.54, 1.807) is 12.4 Å². The molecular weight excluding hydrogens is 348 g/mol. The summed E-state index contributed by atoms with van der Waals surface area (Å²) in [5, 5.41) is 0.675. The van der Waals surface area contributed by atoms with Gasteiger partial charge in [0, 0.05) is 18.6 Å². The van der Waals surface area contributed by atoms with Gasteiger partial charge in [-0.05, 0) is 74.2 Å². The summed E-state index contributed by atoms with van der Waals surface area (Å²) in [6.45, 7) is 8.96. The average molecular weight is 373 g/mol. The fourth-order valence-corrected chi connectivity index (χ4v) is 2.67. The third-order valence-corrected chi connectivity index (χ3v) is 4.55. The zero-order chi connectivity index (χ0) is 19.3. The molecule has 5 heteroatoms. The molecule has 2 aromatic rings. The molecule has 0 spiro atoms. The van der Waals surface area contributed by atoms with Crippen LogP contribution in [-0.4, -0.2) is 30.8 Å². The number of hydrogen-bond donors (Lipinski definition) is 0. The second kappa shape index (κ2) is 8.86. The Balaban J connectivity index is 2.13. The monoisotopic (exact) mass is 372 g/mol. The third-order valence-electron chi connectivity index (χ3n) is 4.32. The van der Waals surface area contributed by atoms with Crippen LogP contribution in [-0.2, 0) is 11.3 Å². The molecule has 0 heterocycles. The van der Waals surface area contributed by atoms with E-state index in [1.807, 2.05) is 57.0 Å². The van der Waals surface area contributed by atoms with E-state index >= 15 is 0 Å². The molecule has 2 aromatic carbocycles. The van der Waals surface area contributed by atoms with Gasteiger partial charge < -0.3 is 9.64 Å². The van der Waals surface area contributed by atoms with Crippen LogP contribution in [0.2, 0.25) is 5.02 Å². The number of hydrogen-bond acceptors (Lipinski definition) is 3. The summed E-state index contributed by atoms with van der Waals surface area (Å²) < 4.78 is 5.50. The molecule has 0 aromatic heterocycles. The number of carbonyl (C=O) groups is 1. The summed E-state index contributed by atoms with van der Waals surface area (Å²) in [5.74, 6) is -0.332. The normalized spacial score (nSPS) is 11.0.